The lowest BCUT2D eigenvalue weighted by Crippen LogP contribution is -2.00. The standard InChI is InChI=1S/C7H9N3O/c1-10-4-6(9-5-10)7-8-2-3-11-7/h4-5H,2-3H2,1H3. The molecule has 0 fully saturated rings. The van der Waals surface area contributed by atoms with Gasteiger partial charge in [-0.05, 0) is 0 Å². The maximum Gasteiger partial charge on any atom is 0.237 e. The Bertz CT molecular complexity index is 290. The largest absolute Gasteiger partial charge is 0.474 e. The van der Waals surface area contributed by atoms with Crippen LogP contribution in [0.4, 0.5) is 0 Å². The van der Waals surface area contributed by atoms with Gasteiger partial charge < -0.3 is 9.30 Å². The average molecular weight is 151 g/mol. The molecule has 0 spiro atoms. The molecule has 0 N–H and O–H groups in total. The molecule has 1 aromatic rings. The van der Waals surface area contributed by atoms with Crippen molar-refractivity contribution in [2.75, 3.05) is 13.2 Å². The first-order valence-electron chi connectivity index (χ1n) is 3.52. The third-order valence-corrected chi connectivity index (χ3v) is 1.51. The predicted molar refractivity (Wildman–Crippen MR) is 40.6 cm³/mol. The van der Waals surface area contributed by atoms with E-state index >= 15 is 0 Å². The van der Waals surface area contributed by atoms with Crippen molar-refractivity contribution in [3.8, 4) is 0 Å². The fraction of sp³-hybridized carbons (Fsp3) is 0.429. The van der Waals surface area contributed by atoms with Gasteiger partial charge in [-0.1, -0.05) is 0 Å². The molecule has 11 heavy (non-hydrogen) atoms. The molecule has 2 rings (SSSR count). The zero-order valence-electron chi connectivity index (χ0n) is 6.32. The van der Waals surface area contributed by atoms with Gasteiger partial charge in [-0.3, -0.25) is 0 Å². The average Bonchev–Trinajstić information content (AvgIpc) is 2.55. The van der Waals surface area contributed by atoms with Gasteiger partial charge in [0.2, 0.25) is 5.90 Å². The van der Waals surface area contributed by atoms with Gasteiger partial charge >= 0.3 is 0 Å². The number of nitrogens with zero attached hydrogens (tertiary/aromatic N) is 3. The Hall–Kier alpha value is -1.32. The maximum absolute atomic E-state index is 5.23. The van der Waals surface area contributed by atoms with Crippen molar-refractivity contribution >= 4 is 5.90 Å². The molecule has 0 radical (unpaired) electrons. The summed E-state index contributed by atoms with van der Waals surface area (Å²) >= 11 is 0. The highest BCUT2D eigenvalue weighted by Crippen LogP contribution is 2.03. The zero-order valence-corrected chi connectivity index (χ0v) is 6.32. The van der Waals surface area contributed by atoms with Gasteiger partial charge in [-0.15, -0.1) is 0 Å². The van der Waals surface area contributed by atoms with E-state index in [1.165, 1.54) is 0 Å². The van der Waals surface area contributed by atoms with Crippen LogP contribution in [0.25, 0.3) is 0 Å². The highest BCUT2D eigenvalue weighted by atomic mass is 16.5. The van der Waals surface area contributed by atoms with Crippen molar-refractivity contribution in [3.05, 3.63) is 18.2 Å². The van der Waals surface area contributed by atoms with Crippen LogP contribution in [0.3, 0.4) is 0 Å². The number of hydrogen-bond acceptors (Lipinski definition) is 3. The van der Waals surface area contributed by atoms with E-state index in [1.54, 1.807) is 6.33 Å². The number of ether oxygens (including phenoxy) is 1. The minimum absolute atomic E-state index is 0.672. The summed E-state index contributed by atoms with van der Waals surface area (Å²) in [5.41, 5.74) is 0.824. The van der Waals surface area contributed by atoms with Crippen molar-refractivity contribution < 1.29 is 4.74 Å². The SMILES string of the molecule is Cn1cnc(C2=NCCO2)c1. The molecular weight excluding hydrogens is 142 g/mol. The zero-order chi connectivity index (χ0) is 7.68. The van der Waals surface area contributed by atoms with Gasteiger partial charge in [0.1, 0.15) is 12.3 Å². The minimum Gasteiger partial charge on any atom is -0.474 e. The van der Waals surface area contributed by atoms with Gasteiger partial charge in [0.05, 0.1) is 12.9 Å². The Morgan fingerprint density at radius 3 is 3.09 bits per heavy atom. The molecule has 0 atom stereocenters. The topological polar surface area (TPSA) is 39.4 Å². The van der Waals surface area contributed by atoms with Crippen molar-refractivity contribution in [1.82, 2.24) is 9.55 Å². The Kier molecular flexibility index (Phi) is 1.38. The van der Waals surface area contributed by atoms with E-state index in [4.69, 9.17) is 4.74 Å². The van der Waals surface area contributed by atoms with E-state index < -0.39 is 0 Å². The van der Waals surface area contributed by atoms with Gasteiger partial charge in [0.15, 0.2) is 0 Å². The summed E-state index contributed by atoms with van der Waals surface area (Å²) in [5, 5.41) is 0. The summed E-state index contributed by atoms with van der Waals surface area (Å²) in [6, 6.07) is 0. The van der Waals surface area contributed by atoms with Gasteiger partial charge in [-0.25, -0.2) is 9.98 Å². The predicted octanol–water partition coefficient (Wildman–Crippen LogP) is 0.197. The molecule has 1 aromatic heterocycles. The molecular formula is C7H9N3O. The highest BCUT2D eigenvalue weighted by molar-refractivity contribution is 5.92. The van der Waals surface area contributed by atoms with Crippen molar-refractivity contribution in [2.45, 2.75) is 0 Å². The normalized spacial score (nSPS) is 16.3. The summed E-state index contributed by atoms with van der Waals surface area (Å²) in [6.45, 7) is 1.44. The first-order valence-corrected chi connectivity index (χ1v) is 3.52. The Balaban J connectivity index is 2.28. The Morgan fingerprint density at radius 2 is 2.55 bits per heavy atom. The fourth-order valence-electron chi connectivity index (χ4n) is 1.01. The summed E-state index contributed by atoms with van der Waals surface area (Å²) in [7, 11) is 1.92. The lowest BCUT2D eigenvalue weighted by molar-refractivity contribution is 0.347. The summed E-state index contributed by atoms with van der Waals surface area (Å²) in [4.78, 5) is 8.24. The van der Waals surface area contributed by atoms with Crippen LogP contribution in [-0.4, -0.2) is 28.6 Å². The molecule has 0 aliphatic carbocycles. The molecule has 0 aromatic carbocycles. The third kappa shape index (κ3) is 1.11. The number of aryl methyl sites for hydroxylation is 1. The van der Waals surface area contributed by atoms with Crippen LogP contribution in [0.15, 0.2) is 17.5 Å². The van der Waals surface area contributed by atoms with Crippen LogP contribution >= 0.6 is 0 Å². The molecule has 4 nitrogen and oxygen atoms in total. The van der Waals surface area contributed by atoms with Crippen LogP contribution in [0.5, 0.6) is 0 Å². The summed E-state index contributed by atoms with van der Waals surface area (Å²) < 4.78 is 7.10. The molecule has 0 unspecified atom stereocenters. The second-order valence-corrected chi connectivity index (χ2v) is 2.46. The van der Waals surface area contributed by atoms with Crippen LogP contribution in [0.1, 0.15) is 5.69 Å². The maximum atomic E-state index is 5.23. The lowest BCUT2D eigenvalue weighted by Gasteiger charge is -1.93. The van der Waals surface area contributed by atoms with E-state index in [1.807, 2.05) is 17.8 Å². The summed E-state index contributed by atoms with van der Waals surface area (Å²) in [5.74, 6) is 0.672. The van der Waals surface area contributed by atoms with Crippen LogP contribution in [0, 0.1) is 0 Å². The smallest absolute Gasteiger partial charge is 0.237 e. The van der Waals surface area contributed by atoms with Gasteiger partial charge in [0, 0.05) is 13.2 Å². The molecule has 0 amide bonds. The number of aliphatic imine (C=N–C) groups is 1. The number of hydrogen-bond donors (Lipinski definition) is 0. The van der Waals surface area contributed by atoms with Crippen LogP contribution < -0.4 is 0 Å². The van der Waals surface area contributed by atoms with E-state index in [-0.39, 0.29) is 0 Å². The fourth-order valence-corrected chi connectivity index (χ4v) is 1.01. The third-order valence-electron chi connectivity index (χ3n) is 1.51. The van der Waals surface area contributed by atoms with E-state index in [9.17, 15) is 0 Å². The van der Waals surface area contributed by atoms with E-state index in [2.05, 4.69) is 9.98 Å². The van der Waals surface area contributed by atoms with Crippen molar-refractivity contribution in [2.24, 2.45) is 12.0 Å². The van der Waals surface area contributed by atoms with Crippen LogP contribution in [0.2, 0.25) is 0 Å². The lowest BCUT2D eigenvalue weighted by atomic mass is 10.5. The second-order valence-electron chi connectivity index (χ2n) is 2.46. The van der Waals surface area contributed by atoms with Crippen LogP contribution in [-0.2, 0) is 11.8 Å². The number of rotatable bonds is 1. The first-order chi connectivity index (χ1) is 5.36. The number of aromatic nitrogens is 2. The first kappa shape index (κ1) is 6.39. The van der Waals surface area contributed by atoms with Gasteiger partial charge in [-0.2, -0.15) is 0 Å². The summed E-state index contributed by atoms with van der Waals surface area (Å²) in [6.07, 6.45) is 3.63. The van der Waals surface area contributed by atoms with Crippen molar-refractivity contribution in [1.29, 1.82) is 0 Å². The molecule has 1 aliphatic rings. The molecule has 2 heterocycles. The molecule has 1 aliphatic heterocycles. The molecule has 0 saturated carbocycles. The quantitative estimate of drug-likeness (QED) is 0.575. The minimum atomic E-state index is 0.672. The Labute approximate surface area is 64.5 Å². The molecule has 4 heteroatoms. The highest BCUT2D eigenvalue weighted by Gasteiger charge is 2.11. The molecule has 0 bridgehead atoms. The number of imidazole rings is 1. The molecule has 58 valence electrons. The van der Waals surface area contributed by atoms with Gasteiger partial charge in [0.25, 0.3) is 0 Å². The monoisotopic (exact) mass is 151 g/mol. The Morgan fingerprint density at radius 1 is 1.64 bits per heavy atom. The molecule has 0 saturated heterocycles. The van der Waals surface area contributed by atoms with E-state index in [0.29, 0.717) is 12.5 Å². The van der Waals surface area contributed by atoms with Crippen molar-refractivity contribution in [3.63, 3.8) is 0 Å². The van der Waals surface area contributed by atoms with E-state index in [0.717, 1.165) is 12.2 Å². The second kappa shape index (κ2) is 2.38.